The van der Waals surface area contributed by atoms with Crippen molar-refractivity contribution >= 4 is 17.9 Å². The number of hydrogen-bond donors (Lipinski definition) is 3. The molecule has 0 radical (unpaired) electrons. The number of ether oxygens (including phenoxy) is 1. The van der Waals surface area contributed by atoms with E-state index in [-0.39, 0.29) is 6.54 Å². The second-order valence-electron chi connectivity index (χ2n) is 6.30. The van der Waals surface area contributed by atoms with Crippen LogP contribution < -0.4 is 16.1 Å². The quantitative estimate of drug-likeness (QED) is 0.517. The van der Waals surface area contributed by atoms with Crippen molar-refractivity contribution in [2.24, 2.45) is 0 Å². The van der Waals surface area contributed by atoms with Crippen LogP contribution in [0.15, 0.2) is 24.3 Å². The molecule has 8 heteroatoms. The molecule has 0 unspecified atom stereocenters. The molecular formula is C18H23N3O5. The number of hydrogen-bond acceptors (Lipinski definition) is 5. The largest absolute Gasteiger partial charge is 0.444 e. The highest BCUT2D eigenvalue weighted by molar-refractivity contribution is 5.97. The maximum atomic E-state index is 12.3. The van der Waals surface area contributed by atoms with Gasteiger partial charge in [-0.3, -0.25) is 14.4 Å². The molecule has 140 valence electrons. The third-order valence-corrected chi connectivity index (χ3v) is 2.99. The number of rotatable bonds is 6. The molecule has 1 atom stereocenters. The summed E-state index contributed by atoms with van der Waals surface area (Å²) >= 11 is 0. The fraction of sp³-hybridized carbons (Fsp3) is 0.389. The smallest absolute Gasteiger partial charge is 0.407 e. The average molecular weight is 361 g/mol. The number of carbonyl (C=O) groups is 3. The molecule has 0 aliphatic heterocycles. The van der Waals surface area contributed by atoms with E-state index in [1.54, 1.807) is 32.9 Å². The third-order valence-electron chi connectivity index (χ3n) is 2.99. The predicted octanol–water partition coefficient (Wildman–Crippen LogP) is 0.969. The molecule has 0 aromatic heterocycles. The van der Waals surface area contributed by atoms with E-state index in [1.807, 2.05) is 0 Å². The Hall–Kier alpha value is -3.05. The Balaban J connectivity index is 2.76. The second-order valence-corrected chi connectivity index (χ2v) is 6.30. The van der Waals surface area contributed by atoms with Crippen LogP contribution in [0.5, 0.6) is 0 Å². The van der Waals surface area contributed by atoms with Crippen LogP contribution in [0.4, 0.5) is 4.79 Å². The number of hydroxylamine groups is 1. The molecule has 0 spiro atoms. The summed E-state index contributed by atoms with van der Waals surface area (Å²) < 4.78 is 5.10. The lowest BCUT2D eigenvalue weighted by Crippen LogP contribution is -2.52. The van der Waals surface area contributed by atoms with Crippen LogP contribution in [0.25, 0.3) is 0 Å². The van der Waals surface area contributed by atoms with Gasteiger partial charge in [0.05, 0.1) is 13.7 Å². The minimum atomic E-state index is -1.07. The van der Waals surface area contributed by atoms with Crippen LogP contribution >= 0.6 is 0 Å². The van der Waals surface area contributed by atoms with Gasteiger partial charge in [0.25, 0.3) is 11.8 Å². The van der Waals surface area contributed by atoms with E-state index in [1.165, 1.54) is 19.2 Å². The highest BCUT2D eigenvalue weighted by Crippen LogP contribution is 2.07. The molecule has 3 N–H and O–H groups in total. The van der Waals surface area contributed by atoms with E-state index in [0.717, 1.165) is 0 Å². The van der Waals surface area contributed by atoms with Crippen molar-refractivity contribution in [3.05, 3.63) is 35.4 Å². The molecule has 0 fully saturated rings. The van der Waals surface area contributed by atoms with E-state index < -0.39 is 29.6 Å². The van der Waals surface area contributed by atoms with Gasteiger partial charge in [-0.05, 0) is 45.0 Å². The van der Waals surface area contributed by atoms with E-state index in [2.05, 4.69) is 26.9 Å². The fourth-order valence-electron chi connectivity index (χ4n) is 1.84. The van der Waals surface area contributed by atoms with Gasteiger partial charge in [0.15, 0.2) is 0 Å². The minimum Gasteiger partial charge on any atom is -0.444 e. The van der Waals surface area contributed by atoms with Crippen molar-refractivity contribution in [2.75, 3.05) is 13.7 Å². The maximum absolute atomic E-state index is 12.3. The van der Waals surface area contributed by atoms with Crippen molar-refractivity contribution in [1.29, 1.82) is 0 Å². The topological polar surface area (TPSA) is 106 Å². The molecule has 0 aliphatic rings. The van der Waals surface area contributed by atoms with Crippen molar-refractivity contribution in [3.63, 3.8) is 0 Å². The summed E-state index contributed by atoms with van der Waals surface area (Å²) in [5.41, 5.74) is 2.38. The molecule has 0 saturated carbocycles. The summed E-state index contributed by atoms with van der Waals surface area (Å²) in [6, 6.07) is 5.23. The Morgan fingerprint density at radius 2 is 1.81 bits per heavy atom. The van der Waals surface area contributed by atoms with Crippen molar-refractivity contribution < 1.29 is 24.0 Å². The SMILES string of the molecule is C#Cc1ccc(C(=O)N[C@@H](CNC(=O)OC(C)(C)C)C(=O)NOC)cc1. The molecular weight excluding hydrogens is 338 g/mol. The Morgan fingerprint density at radius 1 is 1.19 bits per heavy atom. The molecule has 26 heavy (non-hydrogen) atoms. The number of alkyl carbamates (subject to hydrolysis) is 1. The van der Waals surface area contributed by atoms with Crippen LogP contribution in [-0.4, -0.2) is 43.2 Å². The average Bonchev–Trinajstić information content (AvgIpc) is 2.57. The van der Waals surface area contributed by atoms with E-state index in [0.29, 0.717) is 11.1 Å². The van der Waals surface area contributed by atoms with Crippen LogP contribution in [-0.2, 0) is 14.4 Å². The summed E-state index contributed by atoms with van der Waals surface area (Å²) in [6.07, 6.45) is 4.56. The third kappa shape index (κ3) is 7.23. The zero-order valence-electron chi connectivity index (χ0n) is 15.2. The molecule has 1 aromatic carbocycles. The molecule has 0 heterocycles. The Labute approximate surface area is 152 Å². The number of carbonyl (C=O) groups excluding carboxylic acids is 3. The van der Waals surface area contributed by atoms with Gasteiger partial charge in [-0.15, -0.1) is 6.42 Å². The number of nitrogens with one attached hydrogen (secondary N) is 3. The zero-order chi connectivity index (χ0) is 19.7. The van der Waals surface area contributed by atoms with Gasteiger partial charge in [-0.2, -0.15) is 0 Å². The van der Waals surface area contributed by atoms with Gasteiger partial charge in [0.2, 0.25) is 0 Å². The van der Waals surface area contributed by atoms with Crippen LogP contribution in [0, 0.1) is 12.3 Å². The first-order valence-corrected chi connectivity index (χ1v) is 7.83. The highest BCUT2D eigenvalue weighted by atomic mass is 16.6. The van der Waals surface area contributed by atoms with Gasteiger partial charge in [-0.25, -0.2) is 10.3 Å². The Morgan fingerprint density at radius 3 is 2.31 bits per heavy atom. The molecule has 0 aliphatic carbocycles. The molecule has 3 amide bonds. The second kappa shape index (κ2) is 9.44. The Bertz CT molecular complexity index is 686. The predicted molar refractivity (Wildman–Crippen MR) is 95.0 cm³/mol. The number of benzene rings is 1. The standard InChI is InChI=1S/C18H23N3O5/c1-6-12-7-9-13(10-8-12)15(22)20-14(16(23)21-25-5)11-19-17(24)26-18(2,3)4/h1,7-10,14H,11H2,2-5H3,(H,19,24)(H,20,22)(H,21,23)/t14-/m0/s1. The first-order valence-electron chi connectivity index (χ1n) is 7.83. The highest BCUT2D eigenvalue weighted by Gasteiger charge is 2.24. The summed E-state index contributed by atoms with van der Waals surface area (Å²) in [5, 5.41) is 4.96. The molecule has 8 nitrogen and oxygen atoms in total. The lowest BCUT2D eigenvalue weighted by atomic mass is 10.1. The molecule has 0 bridgehead atoms. The number of terminal acetylenes is 1. The summed E-state index contributed by atoms with van der Waals surface area (Å²) in [4.78, 5) is 40.7. The first-order chi connectivity index (χ1) is 12.2. The molecule has 1 rings (SSSR count). The minimum absolute atomic E-state index is 0.182. The Kier molecular flexibility index (Phi) is 7.62. The maximum Gasteiger partial charge on any atom is 0.407 e. The summed E-state index contributed by atoms with van der Waals surface area (Å²) in [6.45, 7) is 4.95. The van der Waals surface area contributed by atoms with Crippen LogP contribution in [0.1, 0.15) is 36.7 Å². The van der Waals surface area contributed by atoms with Gasteiger partial charge in [0, 0.05) is 11.1 Å². The van der Waals surface area contributed by atoms with Crippen molar-refractivity contribution in [3.8, 4) is 12.3 Å². The van der Waals surface area contributed by atoms with E-state index in [4.69, 9.17) is 11.2 Å². The number of amides is 3. The lowest BCUT2D eigenvalue weighted by molar-refractivity contribution is -0.133. The van der Waals surface area contributed by atoms with E-state index >= 15 is 0 Å². The normalized spacial score (nSPS) is 11.7. The van der Waals surface area contributed by atoms with Crippen molar-refractivity contribution in [2.45, 2.75) is 32.4 Å². The molecule has 1 aromatic rings. The first kappa shape index (κ1) is 21.0. The van der Waals surface area contributed by atoms with E-state index in [9.17, 15) is 14.4 Å². The summed E-state index contributed by atoms with van der Waals surface area (Å²) in [5.74, 6) is 1.31. The lowest BCUT2D eigenvalue weighted by Gasteiger charge is -2.22. The fourth-order valence-corrected chi connectivity index (χ4v) is 1.84. The van der Waals surface area contributed by atoms with Crippen LogP contribution in [0.2, 0.25) is 0 Å². The van der Waals surface area contributed by atoms with Crippen molar-refractivity contribution in [1.82, 2.24) is 16.1 Å². The zero-order valence-corrected chi connectivity index (χ0v) is 15.2. The van der Waals surface area contributed by atoms with Gasteiger partial charge in [-0.1, -0.05) is 5.92 Å². The summed E-state index contributed by atoms with van der Waals surface area (Å²) in [7, 11) is 1.26. The molecule has 0 saturated heterocycles. The van der Waals surface area contributed by atoms with Gasteiger partial charge in [0.1, 0.15) is 11.6 Å². The monoisotopic (exact) mass is 361 g/mol. The van der Waals surface area contributed by atoms with Crippen LogP contribution in [0.3, 0.4) is 0 Å². The van der Waals surface area contributed by atoms with Gasteiger partial charge < -0.3 is 15.4 Å². The van der Waals surface area contributed by atoms with Gasteiger partial charge >= 0.3 is 6.09 Å².